The van der Waals surface area contributed by atoms with Gasteiger partial charge < -0.3 is 60.1 Å². The number of pyridine rings is 1. The number of amides is 2. The zero-order valence-electron chi connectivity index (χ0n) is 53.7. The molecule has 0 aliphatic carbocycles. The minimum absolute atomic E-state index is 0.00409. The van der Waals surface area contributed by atoms with E-state index in [1.165, 1.54) is 42.6 Å². The van der Waals surface area contributed by atoms with Crippen LogP contribution < -0.4 is 30.8 Å². The number of hydrogen-bond acceptors (Lipinski definition) is 22. The van der Waals surface area contributed by atoms with Crippen molar-refractivity contribution in [3.63, 3.8) is 0 Å². The normalized spacial score (nSPS) is 14.6. The Kier molecular flexibility index (Phi) is 32.1. The quantitative estimate of drug-likeness (QED) is 0.0149. The summed E-state index contributed by atoms with van der Waals surface area (Å²) < 4.78 is 143. The van der Waals surface area contributed by atoms with Crippen LogP contribution in [0.2, 0.25) is 0 Å². The molecule has 2 amide bonds. The highest BCUT2D eigenvalue weighted by atomic mass is 32.2. The number of imidazole rings is 1. The predicted molar refractivity (Wildman–Crippen MR) is 342 cm³/mol. The molecule has 2 aromatic heterocycles. The molecule has 0 saturated carbocycles. The maximum Gasteiger partial charge on any atom is 0.458 e. The molecule has 3 aromatic carbocycles. The molecule has 100 heavy (non-hydrogen) atoms. The molecule has 10 N–H and O–H groups in total. The Morgan fingerprint density at radius 1 is 0.600 bits per heavy atom. The minimum atomic E-state index is -5.77. The Bertz CT molecular complexity index is 3820. The zero-order chi connectivity index (χ0) is 73.8. The summed E-state index contributed by atoms with van der Waals surface area (Å²) in [4.78, 5) is 119. The van der Waals surface area contributed by atoms with Crippen LogP contribution in [-0.2, 0) is 81.4 Å². The highest BCUT2D eigenvalue weighted by Crippen LogP contribution is 2.26. The Morgan fingerprint density at radius 3 is 1.49 bits per heavy atom. The predicted octanol–water partition coefficient (Wildman–Crippen LogP) is 0.651. The van der Waals surface area contributed by atoms with Crippen molar-refractivity contribution >= 4 is 84.2 Å². The number of carbonyl (C=O) groups is 8. The van der Waals surface area contributed by atoms with Crippen molar-refractivity contribution in [2.75, 3.05) is 143 Å². The van der Waals surface area contributed by atoms with E-state index in [2.05, 4.69) is 35.4 Å². The number of nitrogens with zero attached hydrogens (tertiary/aromatic N) is 6. The van der Waals surface area contributed by atoms with Crippen molar-refractivity contribution < 1.29 is 116 Å². The van der Waals surface area contributed by atoms with Crippen LogP contribution in [0, 0.1) is 0 Å². The minimum Gasteiger partial charge on any atom is -0.480 e. The molecule has 1 fully saturated rings. The Balaban J connectivity index is 0.00000136. The van der Waals surface area contributed by atoms with Crippen LogP contribution in [0.4, 0.5) is 32.3 Å². The number of benzene rings is 3. The molecule has 0 spiro atoms. The molecular weight excluding hydrogens is 1390 g/mol. The summed E-state index contributed by atoms with van der Waals surface area (Å²) in [5.74, 6) is -12.1. The molecule has 6 rings (SSSR count). The summed E-state index contributed by atoms with van der Waals surface area (Å²) in [6.45, 7) is 3.41. The highest BCUT2D eigenvalue weighted by molar-refractivity contribution is 7.89. The first-order chi connectivity index (χ1) is 47.1. The third kappa shape index (κ3) is 28.1. The number of alkyl halides is 6. The fourth-order valence-electron chi connectivity index (χ4n) is 9.43. The average Bonchev–Trinajstić information content (AvgIpc) is 0.793. The second-order valence-electron chi connectivity index (χ2n) is 22.1. The number of Topliss-reactive ketones (excluding diaryl/α,β-unsaturated/α-hetero) is 2. The average molecular weight is 1460 g/mol. The van der Waals surface area contributed by atoms with E-state index in [4.69, 9.17) is 14.2 Å². The molecule has 1 aliphatic heterocycles. The molecule has 1 atom stereocenters. The SMILES string of the molecule is Cn1cc(C(=O)NC[C@H](NS(=O)(=O)c2ccc(-c3ccc(S(=O)(=O)NCCCOCCOCCOCCCNC(=O)CN4CCN(CC(=O)O)CCN(CC(=O)O)CCN(CC(=O)O)CC4)cc3)cc2)C(=O)O)c(=O)c2ccc(CNc3ncc[nH]3)cc21.O=C(C(=O)C(F)(F)F)C(F)(F)F. The lowest BCUT2D eigenvalue weighted by atomic mass is 10.1. The summed E-state index contributed by atoms with van der Waals surface area (Å²) in [5.41, 5.74) is 1.59. The van der Waals surface area contributed by atoms with Gasteiger partial charge in [0.15, 0.2) is 5.95 Å². The number of aliphatic carboxylic acids is 4. The molecule has 550 valence electrons. The van der Waals surface area contributed by atoms with Crippen molar-refractivity contribution in [3.8, 4) is 11.1 Å². The van der Waals surface area contributed by atoms with E-state index in [0.717, 1.165) is 5.56 Å². The van der Waals surface area contributed by atoms with E-state index < -0.39 is 91.8 Å². The number of ether oxygens (including phenoxy) is 3. The van der Waals surface area contributed by atoms with Gasteiger partial charge in [0.05, 0.1) is 67.9 Å². The first kappa shape index (κ1) is 81.8. The molecule has 32 nitrogen and oxygen atoms in total. The lowest BCUT2D eigenvalue weighted by Crippen LogP contribution is -2.49. The van der Waals surface area contributed by atoms with Crippen LogP contribution >= 0.6 is 0 Å². The van der Waals surface area contributed by atoms with E-state index in [0.29, 0.717) is 94.5 Å². The summed E-state index contributed by atoms with van der Waals surface area (Å²) in [7, 11) is -6.70. The number of halogens is 6. The molecule has 0 unspecified atom stereocenters. The van der Waals surface area contributed by atoms with Crippen molar-refractivity contribution in [2.45, 2.75) is 47.6 Å². The first-order valence-electron chi connectivity index (χ1n) is 30.5. The van der Waals surface area contributed by atoms with E-state index in [1.807, 2.05) is 4.90 Å². The van der Waals surface area contributed by atoms with Crippen molar-refractivity contribution in [2.24, 2.45) is 7.05 Å². The second-order valence-corrected chi connectivity index (χ2v) is 25.6. The van der Waals surface area contributed by atoms with Gasteiger partial charge >= 0.3 is 47.8 Å². The van der Waals surface area contributed by atoms with Gasteiger partial charge in [-0.2, -0.15) is 31.1 Å². The lowest BCUT2D eigenvalue weighted by Gasteiger charge is -2.32. The van der Waals surface area contributed by atoms with Crippen LogP contribution in [0.3, 0.4) is 0 Å². The van der Waals surface area contributed by atoms with Gasteiger partial charge in [0.2, 0.25) is 31.4 Å². The monoisotopic (exact) mass is 1460 g/mol. The molecule has 0 radical (unpaired) electrons. The number of carboxylic acid groups (broad SMARTS) is 4. The standard InChI is InChI=1S/C56H76N12O18S2.C4F6O2/c1-64-35-46(53(76)45-13-4-40(32-48(45)64)33-61-56-58-16-17-59-56)54(77)60-34-47(55(78)79)63-88(82,83)44-11-7-42(8-12-44)41-5-9-43(10-6-41)87(80,81)62-15-3-27-85-29-31-86-30-28-84-26-2-14-57-49(69)36-65-18-20-66(37-50(70)71)22-24-68(39-52(74)75)25-23-67(21-19-65)38-51(72)73;5-3(6,7)1(11)2(12)4(8,9)10/h4-13,16-17,32,35,47,62-63H,2-3,14-15,18-31,33-34,36-39H2,1H3,(H,57,69)(H,60,77)(H,70,71)(H,72,73)(H,74,75)(H,78,79)(H2,58,59,61);/t47-;/m0./s1. The molecular formula is C60H76F6N12O20S2. The number of H-pyrrole nitrogens is 1. The van der Waals surface area contributed by atoms with Crippen LogP contribution in [0.25, 0.3) is 22.0 Å². The molecule has 5 aromatic rings. The number of carbonyl (C=O) groups excluding carboxylic acids is 4. The Morgan fingerprint density at radius 2 is 1.05 bits per heavy atom. The summed E-state index contributed by atoms with van der Waals surface area (Å²) in [6.07, 6.45) is -6.06. The van der Waals surface area contributed by atoms with Gasteiger partial charge in [0, 0.05) is 123 Å². The van der Waals surface area contributed by atoms with Gasteiger partial charge in [-0.25, -0.2) is 26.5 Å². The fourth-order valence-corrected chi connectivity index (χ4v) is 11.7. The number of carboxylic acids is 4. The van der Waals surface area contributed by atoms with Crippen LogP contribution in [-0.4, -0.2) is 275 Å². The topological polar surface area (TPSA) is 437 Å². The number of aryl methyl sites for hydroxylation is 1. The Hall–Kier alpha value is -8.84. The Labute approximate surface area is 568 Å². The smallest absolute Gasteiger partial charge is 0.458 e. The van der Waals surface area contributed by atoms with Gasteiger partial charge in [-0.1, -0.05) is 30.3 Å². The van der Waals surface area contributed by atoms with Crippen LogP contribution in [0.1, 0.15) is 28.8 Å². The number of anilines is 1. The number of hydrogen-bond donors (Lipinski definition) is 10. The molecule has 40 heteroatoms. The number of sulfonamides is 2. The van der Waals surface area contributed by atoms with Gasteiger partial charge in [-0.3, -0.25) is 62.8 Å². The maximum atomic E-state index is 13.4. The van der Waals surface area contributed by atoms with Gasteiger partial charge in [0.1, 0.15) is 11.6 Å². The van der Waals surface area contributed by atoms with Crippen LogP contribution in [0.15, 0.2) is 99.9 Å². The second kappa shape index (κ2) is 39.2. The van der Waals surface area contributed by atoms with E-state index >= 15 is 0 Å². The first-order valence-corrected chi connectivity index (χ1v) is 33.5. The number of fused-ring (bicyclic) bond motifs is 1. The highest BCUT2D eigenvalue weighted by Gasteiger charge is 2.54. The van der Waals surface area contributed by atoms with Crippen LogP contribution in [0.5, 0.6) is 0 Å². The van der Waals surface area contributed by atoms with Crippen molar-refractivity contribution in [3.05, 3.63) is 107 Å². The summed E-state index contributed by atoms with van der Waals surface area (Å²) in [6, 6.07) is 14.6. The number of aromatic amines is 1. The van der Waals surface area contributed by atoms with Gasteiger partial charge in [0.25, 0.3) is 5.91 Å². The summed E-state index contributed by atoms with van der Waals surface area (Å²) in [5, 5.41) is 46.7. The molecule has 1 saturated heterocycles. The van der Waals surface area contributed by atoms with E-state index in [-0.39, 0.29) is 105 Å². The van der Waals surface area contributed by atoms with Crippen molar-refractivity contribution in [1.29, 1.82) is 0 Å². The number of aromatic nitrogens is 3. The van der Waals surface area contributed by atoms with Crippen molar-refractivity contribution in [1.82, 2.24) is 54.2 Å². The van der Waals surface area contributed by atoms with Gasteiger partial charge in [-0.05, 0) is 65.9 Å². The number of rotatable bonds is 36. The lowest BCUT2D eigenvalue weighted by molar-refractivity contribution is -0.193. The van der Waals surface area contributed by atoms with E-state index in [9.17, 15) is 107 Å². The maximum absolute atomic E-state index is 13.4. The summed E-state index contributed by atoms with van der Waals surface area (Å²) >= 11 is 0. The molecule has 3 heterocycles. The van der Waals surface area contributed by atoms with E-state index in [1.54, 1.807) is 69.0 Å². The molecule has 1 aliphatic rings. The third-order valence-corrected chi connectivity index (χ3v) is 17.5. The van der Waals surface area contributed by atoms with Gasteiger partial charge in [-0.15, -0.1) is 0 Å². The number of nitrogens with one attached hydrogen (secondary N) is 6. The fraction of sp³-hybridized carbons (Fsp3) is 0.467. The largest absolute Gasteiger partial charge is 0.480 e. The zero-order valence-corrected chi connectivity index (χ0v) is 55.4. The number of ketones is 2. The third-order valence-electron chi connectivity index (χ3n) is 14.6. The molecule has 0 bridgehead atoms.